The van der Waals surface area contributed by atoms with Crippen molar-refractivity contribution >= 4 is 17.5 Å². The van der Waals surface area contributed by atoms with Crippen LogP contribution >= 0.6 is 11.6 Å². The Morgan fingerprint density at radius 1 is 1.19 bits per heavy atom. The molecule has 190 valence electrons. The van der Waals surface area contributed by atoms with Gasteiger partial charge in [0.15, 0.2) is 0 Å². The zero-order valence-electron chi connectivity index (χ0n) is 20.4. The maximum atomic E-state index is 13.8. The van der Waals surface area contributed by atoms with E-state index in [0.29, 0.717) is 41.6 Å². The molecule has 1 aromatic heterocycles. The first-order valence-corrected chi connectivity index (χ1v) is 12.3. The molecule has 2 N–H and O–H groups in total. The predicted molar refractivity (Wildman–Crippen MR) is 137 cm³/mol. The van der Waals surface area contributed by atoms with Gasteiger partial charge in [0.05, 0.1) is 23.9 Å². The van der Waals surface area contributed by atoms with Crippen LogP contribution in [0.1, 0.15) is 41.4 Å². The van der Waals surface area contributed by atoms with Gasteiger partial charge in [-0.2, -0.15) is 0 Å². The van der Waals surface area contributed by atoms with Gasteiger partial charge in [-0.25, -0.2) is 4.39 Å². The highest BCUT2D eigenvalue weighted by atomic mass is 35.5. The second-order valence-corrected chi connectivity index (χ2v) is 9.69. The molecule has 1 unspecified atom stereocenters. The summed E-state index contributed by atoms with van der Waals surface area (Å²) in [5.74, 6) is 0.305. The molecule has 1 atom stereocenters. The minimum atomic E-state index is -0.479. The zero-order chi connectivity index (χ0) is 25.7. The fourth-order valence-corrected chi connectivity index (χ4v) is 4.51. The van der Waals surface area contributed by atoms with E-state index in [0.717, 1.165) is 24.1 Å². The molecule has 0 radical (unpaired) electrons. The molecule has 1 heterocycles. The minimum absolute atomic E-state index is 0.0398. The van der Waals surface area contributed by atoms with Crippen LogP contribution in [0.5, 0.6) is 5.75 Å². The van der Waals surface area contributed by atoms with Gasteiger partial charge in [0, 0.05) is 35.9 Å². The monoisotopic (exact) mass is 512 g/mol. The lowest BCUT2D eigenvalue weighted by Crippen LogP contribution is -2.41. The number of carbonyl (C=O) groups excluding carboxylic acids is 1. The molecule has 4 rings (SSSR count). The fourth-order valence-electron chi connectivity index (χ4n) is 4.33. The van der Waals surface area contributed by atoms with E-state index in [-0.39, 0.29) is 24.1 Å². The lowest BCUT2D eigenvalue weighted by molar-refractivity contribution is 0.0941. The molecule has 1 aliphatic carbocycles. The summed E-state index contributed by atoms with van der Waals surface area (Å²) in [6.45, 7) is 3.06. The van der Waals surface area contributed by atoms with Gasteiger partial charge in [-0.1, -0.05) is 18.5 Å². The molecule has 0 saturated heterocycles. The van der Waals surface area contributed by atoms with E-state index >= 15 is 0 Å². The quantitative estimate of drug-likeness (QED) is 0.371. The zero-order valence-corrected chi connectivity index (χ0v) is 21.1. The van der Waals surface area contributed by atoms with E-state index in [4.69, 9.17) is 31.2 Å². The van der Waals surface area contributed by atoms with E-state index in [2.05, 4.69) is 12.2 Å². The molecule has 0 bridgehead atoms. The number of ether oxygens (including phenoxy) is 2. The molecule has 1 fully saturated rings. The summed E-state index contributed by atoms with van der Waals surface area (Å²) < 4.78 is 24.5. The second-order valence-electron chi connectivity index (χ2n) is 9.28. The van der Waals surface area contributed by atoms with Crippen molar-refractivity contribution in [3.8, 4) is 17.0 Å². The van der Waals surface area contributed by atoms with Gasteiger partial charge in [-0.05, 0) is 78.9 Å². The number of hydrogen-bond donors (Lipinski definition) is 2. The lowest BCUT2D eigenvalue weighted by atomic mass is 9.80. The van der Waals surface area contributed by atoms with Crippen LogP contribution in [0.15, 0.2) is 54.6 Å². The van der Waals surface area contributed by atoms with E-state index in [1.54, 1.807) is 43.5 Å². The molecule has 1 saturated carbocycles. The summed E-state index contributed by atoms with van der Waals surface area (Å²) >= 11 is 6.04. The van der Waals surface area contributed by atoms with Crippen LogP contribution in [0.25, 0.3) is 11.3 Å². The highest BCUT2D eigenvalue weighted by molar-refractivity contribution is 6.31. The van der Waals surface area contributed by atoms with E-state index in [1.165, 1.54) is 6.07 Å². The molecule has 2 aromatic carbocycles. The Labute approximate surface area is 215 Å². The number of rotatable bonds is 11. The van der Waals surface area contributed by atoms with Crippen LogP contribution < -0.4 is 10.1 Å². The number of halogens is 2. The average molecular weight is 513 g/mol. The van der Waals surface area contributed by atoms with Crippen LogP contribution in [0.4, 0.5) is 4.39 Å². The van der Waals surface area contributed by atoms with Crippen molar-refractivity contribution in [3.63, 3.8) is 0 Å². The predicted octanol–water partition coefficient (Wildman–Crippen LogP) is 5.16. The molecule has 8 heteroatoms. The number of hydrogen-bond acceptors (Lipinski definition) is 5. The Morgan fingerprint density at radius 2 is 1.94 bits per heavy atom. The topological polar surface area (TPSA) is 80.7 Å². The minimum Gasteiger partial charge on any atom is -0.491 e. The number of benzene rings is 2. The highest BCUT2D eigenvalue weighted by Crippen LogP contribution is 2.47. The molecular weight excluding hydrogens is 483 g/mol. The number of amides is 1. The number of aliphatic hydroxyl groups is 1. The van der Waals surface area contributed by atoms with Crippen LogP contribution in [0.3, 0.4) is 0 Å². The smallest absolute Gasteiger partial charge is 0.251 e. The van der Waals surface area contributed by atoms with Crippen molar-refractivity contribution in [1.82, 2.24) is 10.3 Å². The lowest BCUT2D eigenvalue weighted by Gasteiger charge is -2.30. The van der Waals surface area contributed by atoms with Crippen LogP contribution in [-0.4, -0.2) is 42.9 Å². The molecule has 3 aromatic rings. The molecule has 6 nitrogen and oxygen atoms in total. The van der Waals surface area contributed by atoms with Crippen molar-refractivity contribution in [2.45, 2.75) is 31.8 Å². The summed E-state index contributed by atoms with van der Waals surface area (Å²) in [4.78, 5) is 17.9. The van der Waals surface area contributed by atoms with E-state index in [1.807, 2.05) is 12.1 Å². The summed E-state index contributed by atoms with van der Waals surface area (Å²) in [5, 5.41) is 12.0. The van der Waals surface area contributed by atoms with Crippen molar-refractivity contribution in [3.05, 3.63) is 82.3 Å². The molecule has 36 heavy (non-hydrogen) atoms. The van der Waals surface area contributed by atoms with Crippen LogP contribution in [0, 0.1) is 11.7 Å². The summed E-state index contributed by atoms with van der Waals surface area (Å²) in [7, 11) is 1.63. The van der Waals surface area contributed by atoms with Crippen molar-refractivity contribution in [1.29, 1.82) is 0 Å². The van der Waals surface area contributed by atoms with Crippen molar-refractivity contribution in [2.24, 2.45) is 5.92 Å². The number of carbonyl (C=O) groups is 1. The highest BCUT2D eigenvalue weighted by Gasteiger charge is 2.44. The number of methoxy groups -OCH3 is 1. The standard InChI is InChI=1S/C28H30ClFN2O4/c1-28(21-6-7-21,17-31-27(34)19-3-8-22(9-4-19)36-12-11-33)26-14-18(16-35-2)13-25(32-26)20-5-10-24(30)23(29)15-20/h3-5,8-10,13-15,21,33H,6-7,11-12,16-17H2,1-2H3,(H,31,34). The summed E-state index contributed by atoms with van der Waals surface area (Å²) in [6, 6.07) is 15.3. The van der Waals surface area contributed by atoms with E-state index in [9.17, 15) is 9.18 Å². The number of nitrogens with zero attached hydrogens (tertiary/aromatic N) is 1. The van der Waals surface area contributed by atoms with Gasteiger partial charge in [-0.3, -0.25) is 9.78 Å². The Kier molecular flexibility index (Phi) is 8.24. The number of nitrogens with one attached hydrogen (secondary N) is 1. The molecule has 0 spiro atoms. The van der Waals surface area contributed by atoms with E-state index < -0.39 is 11.2 Å². The van der Waals surface area contributed by atoms with Gasteiger partial charge in [0.25, 0.3) is 5.91 Å². The Bertz CT molecular complexity index is 1220. The largest absolute Gasteiger partial charge is 0.491 e. The summed E-state index contributed by atoms with van der Waals surface area (Å²) in [6.07, 6.45) is 2.11. The normalized spacial score (nSPS) is 14.8. The van der Waals surface area contributed by atoms with Crippen molar-refractivity contribution in [2.75, 3.05) is 26.9 Å². The van der Waals surface area contributed by atoms with Gasteiger partial charge >= 0.3 is 0 Å². The summed E-state index contributed by atoms with van der Waals surface area (Å²) in [5.41, 5.74) is 3.30. The first-order chi connectivity index (χ1) is 17.3. The van der Waals surface area contributed by atoms with Crippen LogP contribution in [-0.2, 0) is 16.8 Å². The van der Waals surface area contributed by atoms with Crippen LogP contribution in [0.2, 0.25) is 5.02 Å². The third-order valence-electron chi connectivity index (χ3n) is 6.57. The number of pyridine rings is 1. The molecule has 1 amide bonds. The van der Waals surface area contributed by atoms with Gasteiger partial charge in [0.2, 0.25) is 0 Å². The third kappa shape index (κ3) is 6.03. The molecule has 1 aliphatic rings. The Morgan fingerprint density at radius 3 is 2.58 bits per heavy atom. The molecule has 0 aliphatic heterocycles. The second kappa shape index (κ2) is 11.4. The van der Waals surface area contributed by atoms with Gasteiger partial charge in [0.1, 0.15) is 18.2 Å². The van der Waals surface area contributed by atoms with Crippen molar-refractivity contribution < 1.29 is 23.8 Å². The first-order valence-electron chi connectivity index (χ1n) is 11.9. The maximum absolute atomic E-state index is 13.8. The fraction of sp³-hybridized carbons (Fsp3) is 0.357. The third-order valence-corrected chi connectivity index (χ3v) is 6.86. The Hall–Kier alpha value is -3.00. The number of aliphatic hydroxyl groups excluding tert-OH is 1. The molecular formula is C28H30ClFN2O4. The number of aromatic nitrogens is 1. The average Bonchev–Trinajstić information content (AvgIpc) is 3.74. The first kappa shape index (κ1) is 26.1. The SMILES string of the molecule is COCc1cc(-c2ccc(F)c(Cl)c2)nc(C(C)(CNC(=O)c2ccc(OCCO)cc2)C2CC2)c1. The van der Waals surface area contributed by atoms with Gasteiger partial charge in [-0.15, -0.1) is 0 Å². The maximum Gasteiger partial charge on any atom is 0.251 e. The Balaban J connectivity index is 1.59. The van der Waals surface area contributed by atoms with Gasteiger partial charge < -0.3 is 19.9 Å².